The minimum atomic E-state index is 1.12. The van der Waals surface area contributed by atoms with Gasteiger partial charge in [-0.2, -0.15) is 0 Å². The number of hydrogen-bond acceptors (Lipinski definition) is 1. The highest BCUT2D eigenvalue weighted by molar-refractivity contribution is 5.72. The van der Waals surface area contributed by atoms with Gasteiger partial charge >= 0.3 is 0 Å². The van der Waals surface area contributed by atoms with Gasteiger partial charge < -0.3 is 4.57 Å². The predicted molar refractivity (Wildman–Crippen MR) is 84.0 cm³/mol. The molecule has 0 bridgehead atoms. The fourth-order valence-electron chi connectivity index (χ4n) is 2.19. The molecule has 98 valence electrons. The second-order valence-corrected chi connectivity index (χ2v) is 4.76. The Bertz CT molecular complexity index is 724. The zero-order valence-electron chi connectivity index (χ0n) is 11.4. The van der Waals surface area contributed by atoms with Crippen LogP contribution >= 0.6 is 0 Å². The molecule has 0 N–H and O–H groups in total. The van der Waals surface area contributed by atoms with Crippen LogP contribution in [0.5, 0.6) is 0 Å². The Kier molecular flexibility index (Phi) is 3.46. The van der Waals surface area contributed by atoms with E-state index >= 15 is 0 Å². The van der Waals surface area contributed by atoms with Crippen molar-refractivity contribution in [1.82, 2.24) is 9.55 Å². The topological polar surface area (TPSA) is 17.8 Å². The molecule has 0 unspecified atom stereocenters. The molecule has 0 radical (unpaired) electrons. The zero-order valence-corrected chi connectivity index (χ0v) is 11.4. The summed E-state index contributed by atoms with van der Waals surface area (Å²) in [6, 6.07) is 18.8. The van der Waals surface area contributed by atoms with Gasteiger partial charge in [-0.1, -0.05) is 60.7 Å². The van der Waals surface area contributed by atoms with E-state index < -0.39 is 0 Å². The standard InChI is InChI=1S/C18H16N2/c1-20-14-19-13-18(20)17-9-5-8-16(12-17)11-10-15-6-3-2-4-7-15/h2-14H,1H3/b11-10+. The fourth-order valence-corrected chi connectivity index (χ4v) is 2.19. The van der Waals surface area contributed by atoms with Crippen molar-refractivity contribution >= 4 is 12.2 Å². The lowest BCUT2D eigenvalue weighted by Gasteiger charge is -2.03. The van der Waals surface area contributed by atoms with Gasteiger partial charge in [0, 0.05) is 12.6 Å². The Morgan fingerprint density at radius 2 is 1.65 bits per heavy atom. The molecular weight excluding hydrogens is 244 g/mol. The Morgan fingerprint density at radius 3 is 2.40 bits per heavy atom. The van der Waals surface area contributed by atoms with E-state index in [1.54, 1.807) is 0 Å². The number of nitrogens with zero attached hydrogens (tertiary/aromatic N) is 2. The number of hydrogen-bond donors (Lipinski definition) is 0. The van der Waals surface area contributed by atoms with Gasteiger partial charge in [-0.05, 0) is 17.2 Å². The van der Waals surface area contributed by atoms with Crippen molar-refractivity contribution in [3.8, 4) is 11.3 Å². The summed E-state index contributed by atoms with van der Waals surface area (Å²) in [7, 11) is 2.01. The van der Waals surface area contributed by atoms with Gasteiger partial charge in [0.15, 0.2) is 0 Å². The van der Waals surface area contributed by atoms with E-state index in [2.05, 4.69) is 53.5 Å². The van der Waals surface area contributed by atoms with Crippen LogP contribution < -0.4 is 0 Å². The summed E-state index contributed by atoms with van der Waals surface area (Å²) >= 11 is 0. The van der Waals surface area contributed by atoms with Gasteiger partial charge in [0.2, 0.25) is 0 Å². The van der Waals surface area contributed by atoms with Crippen LogP contribution in [-0.4, -0.2) is 9.55 Å². The largest absolute Gasteiger partial charge is 0.334 e. The Morgan fingerprint density at radius 1 is 0.900 bits per heavy atom. The van der Waals surface area contributed by atoms with Crippen molar-refractivity contribution in [1.29, 1.82) is 0 Å². The lowest BCUT2D eigenvalue weighted by atomic mass is 10.1. The summed E-state index contributed by atoms with van der Waals surface area (Å²) in [6.45, 7) is 0. The number of benzene rings is 2. The van der Waals surface area contributed by atoms with E-state index in [0.717, 1.165) is 5.69 Å². The lowest BCUT2D eigenvalue weighted by molar-refractivity contribution is 0.921. The van der Waals surface area contributed by atoms with Gasteiger partial charge in [0.05, 0.1) is 18.2 Å². The van der Waals surface area contributed by atoms with Crippen molar-refractivity contribution < 1.29 is 0 Å². The minimum Gasteiger partial charge on any atom is -0.334 e. The SMILES string of the molecule is Cn1cncc1-c1cccc(/C=C/c2ccccc2)c1. The van der Waals surface area contributed by atoms with Crippen molar-refractivity contribution in [3.05, 3.63) is 78.2 Å². The molecule has 1 heterocycles. The Balaban J connectivity index is 1.89. The van der Waals surface area contributed by atoms with Crippen molar-refractivity contribution in [2.75, 3.05) is 0 Å². The predicted octanol–water partition coefficient (Wildman–Crippen LogP) is 4.26. The van der Waals surface area contributed by atoms with Crippen LogP contribution in [0, 0.1) is 0 Å². The van der Waals surface area contributed by atoms with Crippen LogP contribution in [0.15, 0.2) is 67.1 Å². The molecule has 20 heavy (non-hydrogen) atoms. The Hall–Kier alpha value is -2.61. The number of imidazole rings is 1. The quantitative estimate of drug-likeness (QED) is 0.643. The highest BCUT2D eigenvalue weighted by Gasteiger charge is 2.01. The van der Waals surface area contributed by atoms with E-state index in [1.165, 1.54) is 16.7 Å². The van der Waals surface area contributed by atoms with E-state index in [4.69, 9.17) is 0 Å². The van der Waals surface area contributed by atoms with Crippen LogP contribution in [-0.2, 0) is 7.05 Å². The van der Waals surface area contributed by atoms with Gasteiger partial charge in [0.25, 0.3) is 0 Å². The molecule has 2 aromatic carbocycles. The first-order valence-electron chi connectivity index (χ1n) is 6.63. The first-order chi connectivity index (χ1) is 9.83. The van der Waals surface area contributed by atoms with Crippen LogP contribution in [0.25, 0.3) is 23.4 Å². The van der Waals surface area contributed by atoms with E-state index in [1.807, 2.05) is 42.3 Å². The molecule has 3 rings (SSSR count). The van der Waals surface area contributed by atoms with E-state index in [-0.39, 0.29) is 0 Å². The summed E-state index contributed by atoms with van der Waals surface area (Å²) in [6.07, 6.45) is 7.97. The molecule has 0 spiro atoms. The van der Waals surface area contributed by atoms with Crippen molar-refractivity contribution in [3.63, 3.8) is 0 Å². The summed E-state index contributed by atoms with van der Waals surface area (Å²) in [5.41, 5.74) is 4.70. The van der Waals surface area contributed by atoms with Crippen LogP contribution in [0.3, 0.4) is 0 Å². The van der Waals surface area contributed by atoms with Crippen LogP contribution in [0.1, 0.15) is 11.1 Å². The summed E-state index contributed by atoms with van der Waals surface area (Å²) in [5, 5.41) is 0. The molecule has 2 nitrogen and oxygen atoms in total. The molecule has 1 aromatic heterocycles. The van der Waals surface area contributed by atoms with Crippen molar-refractivity contribution in [2.24, 2.45) is 7.05 Å². The third-order valence-electron chi connectivity index (χ3n) is 3.27. The molecular formula is C18H16N2. The molecule has 0 aliphatic heterocycles. The minimum absolute atomic E-state index is 1.12. The molecule has 0 atom stereocenters. The second-order valence-electron chi connectivity index (χ2n) is 4.76. The van der Waals surface area contributed by atoms with Gasteiger partial charge in [-0.25, -0.2) is 4.98 Å². The van der Waals surface area contributed by atoms with Gasteiger partial charge in [-0.15, -0.1) is 0 Å². The first-order valence-corrected chi connectivity index (χ1v) is 6.63. The third kappa shape index (κ3) is 2.69. The molecule has 0 aliphatic carbocycles. The Labute approximate surface area is 119 Å². The lowest BCUT2D eigenvalue weighted by Crippen LogP contribution is -1.89. The smallest absolute Gasteiger partial charge is 0.0948 e. The van der Waals surface area contributed by atoms with Gasteiger partial charge in [-0.3, -0.25) is 0 Å². The summed E-state index contributed by atoms with van der Waals surface area (Å²) in [5.74, 6) is 0. The second kappa shape index (κ2) is 5.57. The normalized spacial score (nSPS) is 11.1. The highest BCUT2D eigenvalue weighted by atomic mass is 15.0. The molecule has 0 saturated heterocycles. The maximum atomic E-state index is 4.17. The molecule has 0 amide bonds. The molecule has 2 heteroatoms. The molecule has 3 aromatic rings. The highest BCUT2D eigenvalue weighted by Crippen LogP contribution is 2.20. The van der Waals surface area contributed by atoms with Crippen molar-refractivity contribution in [2.45, 2.75) is 0 Å². The maximum Gasteiger partial charge on any atom is 0.0948 e. The molecule has 0 aliphatic rings. The fraction of sp³-hybridized carbons (Fsp3) is 0.0556. The number of rotatable bonds is 3. The summed E-state index contributed by atoms with van der Waals surface area (Å²) in [4.78, 5) is 4.17. The van der Waals surface area contributed by atoms with Gasteiger partial charge in [0.1, 0.15) is 0 Å². The summed E-state index contributed by atoms with van der Waals surface area (Å²) < 4.78 is 2.03. The average Bonchev–Trinajstić information content (AvgIpc) is 2.93. The molecule has 0 fully saturated rings. The van der Waals surface area contributed by atoms with Crippen LogP contribution in [0.4, 0.5) is 0 Å². The number of aromatic nitrogens is 2. The van der Waals surface area contributed by atoms with E-state index in [0.29, 0.717) is 0 Å². The zero-order chi connectivity index (χ0) is 13.8. The molecule has 0 saturated carbocycles. The number of aryl methyl sites for hydroxylation is 1. The first kappa shape index (κ1) is 12.4. The average molecular weight is 260 g/mol. The van der Waals surface area contributed by atoms with Crippen LogP contribution in [0.2, 0.25) is 0 Å². The van der Waals surface area contributed by atoms with E-state index in [9.17, 15) is 0 Å². The maximum absolute atomic E-state index is 4.17. The third-order valence-corrected chi connectivity index (χ3v) is 3.27. The monoisotopic (exact) mass is 260 g/mol.